The Labute approximate surface area is 213 Å². The van der Waals surface area contributed by atoms with Gasteiger partial charge in [0.2, 0.25) is 5.91 Å². The molecule has 2 rings (SSSR count). The zero-order valence-corrected chi connectivity index (χ0v) is 21.9. The molecule has 2 amide bonds. The van der Waals surface area contributed by atoms with E-state index in [2.05, 4.69) is 6.92 Å². The smallest absolute Gasteiger partial charge is 0.429 e. The first-order valence-corrected chi connectivity index (χ1v) is 12.8. The third-order valence-corrected chi connectivity index (χ3v) is 5.90. The van der Waals surface area contributed by atoms with Gasteiger partial charge in [0, 0.05) is 6.54 Å². The van der Waals surface area contributed by atoms with Gasteiger partial charge in [-0.3, -0.25) is 9.59 Å². The Morgan fingerprint density at radius 3 is 2.39 bits per heavy atom. The summed E-state index contributed by atoms with van der Waals surface area (Å²) in [6.07, 6.45) is 3.53. The minimum Gasteiger partial charge on any atom is -0.481 e. The largest absolute Gasteiger partial charge is 0.481 e. The summed E-state index contributed by atoms with van der Waals surface area (Å²) >= 11 is 0. The monoisotopic (exact) mass is 504 g/mol. The molecule has 1 heterocycles. The van der Waals surface area contributed by atoms with E-state index in [1.54, 1.807) is 20.8 Å². The lowest BCUT2D eigenvalue weighted by atomic mass is 9.94. The summed E-state index contributed by atoms with van der Waals surface area (Å²) in [6.45, 7) is 7.43. The number of nitrogens with zero attached hydrogens (tertiary/aromatic N) is 2. The predicted octanol–water partition coefficient (Wildman–Crippen LogP) is 4.93. The standard InChI is InChI=1S/C27H40N2O7/c1-5-6-7-11-15-21(18-23(30)31)24(32)29-22(25(33)36-27(2,3)4)16-12-17-28(29)26(34)35-19-20-13-9-8-10-14-20/h8-10,13-14,21-22H,5-7,11-12,15-19H2,1-4H3,(H,30,31)/t21-,22+/m1/s1. The molecule has 1 aliphatic heterocycles. The number of carbonyl (C=O) groups excluding carboxylic acids is 3. The molecule has 0 aromatic heterocycles. The van der Waals surface area contributed by atoms with E-state index < -0.39 is 41.5 Å². The van der Waals surface area contributed by atoms with Crippen molar-refractivity contribution < 1.29 is 33.8 Å². The van der Waals surface area contributed by atoms with E-state index in [1.807, 2.05) is 30.3 Å². The van der Waals surface area contributed by atoms with E-state index >= 15 is 0 Å². The summed E-state index contributed by atoms with van der Waals surface area (Å²) in [5.41, 5.74) is -0.00759. The molecule has 1 saturated heterocycles. The molecule has 200 valence electrons. The van der Waals surface area contributed by atoms with Crippen LogP contribution in [0, 0.1) is 5.92 Å². The molecule has 36 heavy (non-hydrogen) atoms. The maximum atomic E-state index is 13.8. The number of rotatable bonds is 11. The van der Waals surface area contributed by atoms with Crippen LogP contribution >= 0.6 is 0 Å². The molecule has 0 radical (unpaired) electrons. The van der Waals surface area contributed by atoms with Crippen LogP contribution in [-0.4, -0.2) is 57.3 Å². The number of benzene rings is 1. The van der Waals surface area contributed by atoms with Crippen LogP contribution in [0.3, 0.4) is 0 Å². The maximum absolute atomic E-state index is 13.8. The normalized spacial score (nSPS) is 16.8. The van der Waals surface area contributed by atoms with Crippen molar-refractivity contribution >= 4 is 23.9 Å². The zero-order chi connectivity index (χ0) is 26.7. The van der Waals surface area contributed by atoms with Crippen LogP contribution < -0.4 is 0 Å². The van der Waals surface area contributed by atoms with Gasteiger partial charge >= 0.3 is 18.0 Å². The van der Waals surface area contributed by atoms with Crippen molar-refractivity contribution in [2.75, 3.05) is 6.54 Å². The first-order valence-electron chi connectivity index (χ1n) is 12.8. The Morgan fingerprint density at radius 2 is 1.78 bits per heavy atom. The number of ether oxygens (including phenoxy) is 2. The van der Waals surface area contributed by atoms with Crippen LogP contribution in [0.15, 0.2) is 30.3 Å². The summed E-state index contributed by atoms with van der Waals surface area (Å²) in [7, 11) is 0. The molecule has 0 bridgehead atoms. The van der Waals surface area contributed by atoms with Crippen molar-refractivity contribution in [3.8, 4) is 0 Å². The predicted molar refractivity (Wildman–Crippen MR) is 134 cm³/mol. The second kappa shape index (κ2) is 13.8. The molecule has 0 spiro atoms. The number of unbranched alkanes of at least 4 members (excludes halogenated alkanes) is 3. The number of carboxylic acid groups (broad SMARTS) is 1. The molecule has 0 saturated carbocycles. The molecular weight excluding hydrogens is 464 g/mol. The number of esters is 1. The van der Waals surface area contributed by atoms with Crippen LogP contribution in [-0.2, 0) is 30.5 Å². The third-order valence-electron chi connectivity index (χ3n) is 5.90. The Morgan fingerprint density at radius 1 is 1.08 bits per heavy atom. The van der Waals surface area contributed by atoms with Gasteiger partial charge in [0.25, 0.3) is 0 Å². The molecule has 1 aliphatic rings. The summed E-state index contributed by atoms with van der Waals surface area (Å²) in [6, 6.07) is 8.09. The van der Waals surface area contributed by atoms with Crippen LogP contribution in [0.5, 0.6) is 0 Å². The number of aliphatic carboxylic acids is 1. The van der Waals surface area contributed by atoms with Crippen molar-refractivity contribution in [1.82, 2.24) is 10.0 Å². The van der Waals surface area contributed by atoms with Crippen molar-refractivity contribution in [2.24, 2.45) is 5.92 Å². The first-order chi connectivity index (χ1) is 17.0. The van der Waals surface area contributed by atoms with Gasteiger partial charge in [0.05, 0.1) is 12.3 Å². The highest BCUT2D eigenvalue weighted by Gasteiger charge is 2.44. The van der Waals surface area contributed by atoms with E-state index in [9.17, 15) is 24.3 Å². The Bertz CT molecular complexity index is 882. The highest BCUT2D eigenvalue weighted by atomic mass is 16.6. The maximum Gasteiger partial charge on any atom is 0.429 e. The second-order valence-electron chi connectivity index (χ2n) is 10.2. The lowest BCUT2D eigenvalue weighted by Crippen LogP contribution is -2.62. The van der Waals surface area contributed by atoms with E-state index in [4.69, 9.17) is 9.47 Å². The lowest BCUT2D eigenvalue weighted by Gasteiger charge is -2.43. The lowest BCUT2D eigenvalue weighted by molar-refractivity contribution is -0.183. The highest BCUT2D eigenvalue weighted by Crippen LogP contribution is 2.27. The van der Waals surface area contributed by atoms with Crippen molar-refractivity contribution in [2.45, 2.75) is 97.3 Å². The van der Waals surface area contributed by atoms with Gasteiger partial charge in [-0.15, -0.1) is 0 Å². The molecule has 1 aromatic rings. The fourth-order valence-electron chi connectivity index (χ4n) is 4.19. The number of hydrogen-bond acceptors (Lipinski definition) is 6. The molecule has 1 aromatic carbocycles. The first kappa shape index (κ1) is 29.1. The molecule has 0 aliphatic carbocycles. The Kier molecular flexibility index (Phi) is 11.2. The summed E-state index contributed by atoms with van der Waals surface area (Å²) < 4.78 is 11.0. The fraction of sp³-hybridized carbons (Fsp3) is 0.630. The van der Waals surface area contributed by atoms with Gasteiger partial charge in [0.1, 0.15) is 12.2 Å². The van der Waals surface area contributed by atoms with Gasteiger partial charge < -0.3 is 14.6 Å². The Hall–Kier alpha value is -3.10. The molecule has 1 N–H and O–H groups in total. The second-order valence-corrected chi connectivity index (χ2v) is 10.2. The van der Waals surface area contributed by atoms with Gasteiger partial charge in [-0.25, -0.2) is 19.6 Å². The Balaban J connectivity index is 2.31. The van der Waals surface area contributed by atoms with E-state index in [0.717, 1.165) is 34.8 Å². The van der Waals surface area contributed by atoms with E-state index in [-0.39, 0.29) is 19.6 Å². The average molecular weight is 505 g/mol. The van der Waals surface area contributed by atoms with Crippen LogP contribution in [0.4, 0.5) is 4.79 Å². The van der Waals surface area contributed by atoms with Crippen LogP contribution in [0.2, 0.25) is 0 Å². The van der Waals surface area contributed by atoms with E-state index in [0.29, 0.717) is 25.7 Å². The van der Waals surface area contributed by atoms with Gasteiger partial charge in [-0.05, 0) is 45.6 Å². The quantitative estimate of drug-likeness (QED) is 0.336. The molecule has 0 unspecified atom stereocenters. The van der Waals surface area contributed by atoms with E-state index in [1.165, 1.54) is 0 Å². The number of amides is 2. The molecule has 9 heteroatoms. The third kappa shape index (κ3) is 9.17. The van der Waals surface area contributed by atoms with Crippen LogP contribution in [0.25, 0.3) is 0 Å². The fourth-order valence-corrected chi connectivity index (χ4v) is 4.19. The molecule has 1 fully saturated rings. The minimum absolute atomic E-state index is 0.00484. The molecule has 9 nitrogen and oxygen atoms in total. The number of hydrogen-bond donors (Lipinski definition) is 1. The minimum atomic E-state index is -1.10. The van der Waals surface area contributed by atoms with Crippen molar-refractivity contribution in [3.63, 3.8) is 0 Å². The van der Waals surface area contributed by atoms with Crippen molar-refractivity contribution in [3.05, 3.63) is 35.9 Å². The zero-order valence-electron chi connectivity index (χ0n) is 21.9. The van der Waals surface area contributed by atoms with Gasteiger partial charge in [-0.1, -0.05) is 62.9 Å². The highest BCUT2D eigenvalue weighted by molar-refractivity contribution is 5.89. The van der Waals surface area contributed by atoms with Gasteiger partial charge in [-0.2, -0.15) is 0 Å². The summed E-state index contributed by atoms with van der Waals surface area (Å²) in [5.74, 6) is -3.17. The van der Waals surface area contributed by atoms with Crippen molar-refractivity contribution in [1.29, 1.82) is 0 Å². The number of carboxylic acids is 1. The molecule has 2 atom stereocenters. The average Bonchev–Trinajstić information content (AvgIpc) is 2.82. The number of hydrazine groups is 1. The molecular formula is C27H40N2O7. The topological polar surface area (TPSA) is 113 Å². The van der Waals surface area contributed by atoms with Gasteiger partial charge in [0.15, 0.2) is 6.04 Å². The summed E-state index contributed by atoms with van der Waals surface area (Å²) in [5, 5.41) is 11.7. The SMILES string of the molecule is CCCCCC[C@H](CC(=O)O)C(=O)N1[C@H](C(=O)OC(C)(C)C)CCCN1C(=O)OCc1ccccc1. The summed E-state index contributed by atoms with van der Waals surface area (Å²) in [4.78, 5) is 51.6. The number of carbonyl (C=O) groups is 4. The van der Waals surface area contributed by atoms with Crippen LogP contribution in [0.1, 0.15) is 84.6 Å².